The quantitative estimate of drug-likeness (QED) is 0.484. The van der Waals surface area contributed by atoms with Crippen LogP contribution in [0.25, 0.3) is 0 Å². The molecule has 0 bridgehead atoms. The highest BCUT2D eigenvalue weighted by Gasteiger charge is 2.10. The molecule has 120 valence electrons. The van der Waals surface area contributed by atoms with E-state index in [9.17, 15) is 14.1 Å². The number of hydrogen-bond donors (Lipinski definition) is 2. The Morgan fingerprint density at radius 2 is 1.60 bits per heavy atom. The van der Waals surface area contributed by atoms with Crippen molar-refractivity contribution in [2.75, 3.05) is 11.5 Å². The van der Waals surface area contributed by atoms with Gasteiger partial charge in [-0.25, -0.2) is 0 Å². The molecule has 20 heavy (non-hydrogen) atoms. The molecule has 2 atom stereocenters. The highest BCUT2D eigenvalue weighted by molar-refractivity contribution is 7.85. The van der Waals surface area contributed by atoms with Crippen LogP contribution in [0.15, 0.2) is 0 Å². The summed E-state index contributed by atoms with van der Waals surface area (Å²) in [6, 6.07) is 0. The van der Waals surface area contributed by atoms with Gasteiger partial charge in [0.1, 0.15) is 0 Å². The van der Waals surface area contributed by atoms with E-state index in [2.05, 4.69) is 6.92 Å². The lowest BCUT2D eigenvalue weighted by atomic mass is 10.1. The number of rotatable bonds is 14. The number of carboxylic acids is 1. The highest BCUT2D eigenvalue weighted by Crippen LogP contribution is 2.11. The number of carboxylic acid groups (broad SMARTS) is 1. The number of aliphatic hydroxyl groups is 1. The molecule has 0 aliphatic carbocycles. The summed E-state index contributed by atoms with van der Waals surface area (Å²) in [5.74, 6) is -0.580. The van der Waals surface area contributed by atoms with Gasteiger partial charge in [0.25, 0.3) is 0 Å². The van der Waals surface area contributed by atoms with Gasteiger partial charge in [-0.2, -0.15) is 0 Å². The zero-order chi connectivity index (χ0) is 15.2. The van der Waals surface area contributed by atoms with Crippen LogP contribution < -0.4 is 0 Å². The van der Waals surface area contributed by atoms with Crippen LogP contribution in [0.5, 0.6) is 0 Å². The Morgan fingerprint density at radius 3 is 2.15 bits per heavy atom. The summed E-state index contributed by atoms with van der Waals surface area (Å²) in [6.45, 7) is 2.21. The van der Waals surface area contributed by atoms with Gasteiger partial charge in [0.05, 0.1) is 12.5 Å². The molecule has 0 aromatic carbocycles. The minimum absolute atomic E-state index is 0.0862. The van der Waals surface area contributed by atoms with Crippen LogP contribution in [0.3, 0.4) is 0 Å². The average molecular weight is 306 g/mol. The maximum Gasteiger partial charge on any atom is 0.304 e. The summed E-state index contributed by atoms with van der Waals surface area (Å²) in [6.07, 6.45) is 9.80. The molecule has 0 saturated carbocycles. The van der Waals surface area contributed by atoms with Gasteiger partial charge in [0.15, 0.2) is 0 Å². The first-order chi connectivity index (χ1) is 9.56. The molecular weight excluding hydrogens is 276 g/mol. The second-order valence-electron chi connectivity index (χ2n) is 5.37. The Bertz CT molecular complexity index is 269. The van der Waals surface area contributed by atoms with E-state index in [0.717, 1.165) is 12.8 Å². The van der Waals surface area contributed by atoms with E-state index < -0.39 is 22.9 Å². The first-order valence-electron chi connectivity index (χ1n) is 7.81. The molecule has 0 rings (SSSR count). The molecule has 4 nitrogen and oxygen atoms in total. The summed E-state index contributed by atoms with van der Waals surface area (Å²) < 4.78 is 11.5. The summed E-state index contributed by atoms with van der Waals surface area (Å²) >= 11 is 0. The molecule has 2 N–H and O–H groups in total. The van der Waals surface area contributed by atoms with Crippen LogP contribution in [-0.4, -0.2) is 38.0 Å². The predicted octanol–water partition coefficient (Wildman–Crippen LogP) is 3.10. The molecule has 0 heterocycles. The molecule has 0 fully saturated rings. The summed E-state index contributed by atoms with van der Waals surface area (Å²) in [7, 11) is -1.21. The molecule has 0 amide bonds. The fourth-order valence-electron chi connectivity index (χ4n) is 2.10. The molecular formula is C15H30O4S. The smallest absolute Gasteiger partial charge is 0.304 e. The third-order valence-corrected chi connectivity index (χ3v) is 4.73. The molecule has 0 spiro atoms. The molecule has 0 radical (unpaired) electrons. The van der Waals surface area contributed by atoms with Gasteiger partial charge in [0.2, 0.25) is 0 Å². The Hall–Kier alpha value is -0.420. The lowest BCUT2D eigenvalue weighted by Crippen LogP contribution is -2.19. The maximum atomic E-state index is 11.5. The zero-order valence-corrected chi connectivity index (χ0v) is 13.5. The number of aliphatic carboxylic acids is 1. The van der Waals surface area contributed by atoms with Crippen molar-refractivity contribution in [3.05, 3.63) is 0 Å². The minimum atomic E-state index is -1.21. The van der Waals surface area contributed by atoms with E-state index in [1.807, 2.05) is 0 Å². The van der Waals surface area contributed by atoms with E-state index in [-0.39, 0.29) is 17.9 Å². The number of hydrogen-bond acceptors (Lipinski definition) is 3. The van der Waals surface area contributed by atoms with Crippen LogP contribution in [0, 0.1) is 0 Å². The molecule has 2 unspecified atom stereocenters. The van der Waals surface area contributed by atoms with Gasteiger partial charge < -0.3 is 10.2 Å². The number of aliphatic hydroxyl groups excluding tert-OH is 1. The molecule has 0 aliphatic rings. The summed E-state index contributed by atoms with van der Waals surface area (Å²) in [4.78, 5) is 10.3. The Balaban J connectivity index is 3.37. The van der Waals surface area contributed by atoms with Crippen molar-refractivity contribution in [3.8, 4) is 0 Å². The van der Waals surface area contributed by atoms with Gasteiger partial charge in [-0.1, -0.05) is 58.3 Å². The standard InChI is InChI=1S/C15H30O4S/c1-2-3-4-5-6-7-8-9-10-14(16)13-20(19)12-11-15(17)18/h14,16H,2-13H2,1H3,(H,17,18). The van der Waals surface area contributed by atoms with E-state index in [1.54, 1.807) is 0 Å². The lowest BCUT2D eigenvalue weighted by Gasteiger charge is -2.09. The number of unbranched alkanes of at least 4 members (excludes halogenated alkanes) is 7. The van der Waals surface area contributed by atoms with Gasteiger partial charge in [0, 0.05) is 22.3 Å². The van der Waals surface area contributed by atoms with Crippen molar-refractivity contribution >= 4 is 16.8 Å². The van der Waals surface area contributed by atoms with Crippen molar-refractivity contribution < 1.29 is 19.2 Å². The fraction of sp³-hybridized carbons (Fsp3) is 0.933. The van der Waals surface area contributed by atoms with Crippen LogP contribution >= 0.6 is 0 Å². The second-order valence-corrected chi connectivity index (χ2v) is 6.99. The monoisotopic (exact) mass is 306 g/mol. The van der Waals surface area contributed by atoms with E-state index in [1.165, 1.54) is 38.5 Å². The van der Waals surface area contributed by atoms with Crippen LogP contribution in [0.4, 0.5) is 0 Å². The normalized spacial score (nSPS) is 14.1. The van der Waals surface area contributed by atoms with Gasteiger partial charge in [-0.15, -0.1) is 0 Å². The molecule has 0 aromatic rings. The van der Waals surface area contributed by atoms with Crippen LogP contribution in [0.1, 0.15) is 71.1 Å². The zero-order valence-electron chi connectivity index (χ0n) is 12.7. The second kappa shape index (κ2) is 13.6. The van der Waals surface area contributed by atoms with Crippen molar-refractivity contribution in [1.82, 2.24) is 0 Å². The van der Waals surface area contributed by atoms with Gasteiger partial charge in [-0.05, 0) is 6.42 Å². The van der Waals surface area contributed by atoms with Crippen molar-refractivity contribution in [2.24, 2.45) is 0 Å². The van der Waals surface area contributed by atoms with Crippen molar-refractivity contribution in [1.29, 1.82) is 0 Å². The van der Waals surface area contributed by atoms with Gasteiger partial charge >= 0.3 is 5.97 Å². The maximum absolute atomic E-state index is 11.5. The topological polar surface area (TPSA) is 74.6 Å². The van der Waals surface area contributed by atoms with E-state index in [0.29, 0.717) is 6.42 Å². The predicted molar refractivity (Wildman–Crippen MR) is 83.4 cm³/mol. The van der Waals surface area contributed by atoms with E-state index in [4.69, 9.17) is 5.11 Å². The number of carbonyl (C=O) groups is 1. The highest BCUT2D eigenvalue weighted by atomic mass is 32.2. The molecule has 5 heteroatoms. The van der Waals surface area contributed by atoms with Crippen LogP contribution in [0.2, 0.25) is 0 Å². The van der Waals surface area contributed by atoms with Crippen LogP contribution in [-0.2, 0) is 15.6 Å². The SMILES string of the molecule is CCCCCCCCCCC(O)CS(=O)CCC(=O)O. The molecule has 0 aliphatic heterocycles. The Morgan fingerprint density at radius 1 is 1.05 bits per heavy atom. The Kier molecular flexibility index (Phi) is 13.3. The third kappa shape index (κ3) is 14.0. The third-order valence-electron chi connectivity index (χ3n) is 3.31. The van der Waals surface area contributed by atoms with Gasteiger partial charge in [-0.3, -0.25) is 9.00 Å². The average Bonchev–Trinajstić information content (AvgIpc) is 2.39. The Labute approximate surface area is 125 Å². The largest absolute Gasteiger partial charge is 0.481 e. The van der Waals surface area contributed by atoms with Crippen molar-refractivity contribution in [3.63, 3.8) is 0 Å². The lowest BCUT2D eigenvalue weighted by molar-refractivity contribution is -0.136. The minimum Gasteiger partial charge on any atom is -0.481 e. The summed E-state index contributed by atoms with van der Waals surface area (Å²) in [5, 5.41) is 18.2. The fourth-order valence-corrected chi connectivity index (χ4v) is 3.26. The molecule has 0 aromatic heterocycles. The van der Waals surface area contributed by atoms with E-state index >= 15 is 0 Å². The first-order valence-corrected chi connectivity index (χ1v) is 9.30. The first kappa shape index (κ1) is 19.6. The molecule has 0 saturated heterocycles. The summed E-state index contributed by atoms with van der Waals surface area (Å²) in [5.41, 5.74) is 0. The van der Waals surface area contributed by atoms with Crippen molar-refractivity contribution in [2.45, 2.75) is 77.2 Å².